The molecule has 4 atom stereocenters. The van der Waals surface area contributed by atoms with Crippen LogP contribution in [0.15, 0.2) is 12.1 Å². The van der Waals surface area contributed by atoms with Crippen molar-refractivity contribution < 1.29 is 27.6 Å². The molecule has 2 aliphatic carbocycles. The summed E-state index contributed by atoms with van der Waals surface area (Å²) in [6, 6.07) is 0.719. The molecule has 0 aromatic heterocycles. The third kappa shape index (κ3) is 1.32. The van der Waals surface area contributed by atoms with Crippen LogP contribution in [-0.4, -0.2) is 55.6 Å². The van der Waals surface area contributed by atoms with Gasteiger partial charge in [0.15, 0.2) is 23.4 Å². The highest BCUT2D eigenvalue weighted by molar-refractivity contribution is 5.90. The Morgan fingerprint density at radius 3 is 3.35 bits per heavy atom. The van der Waals surface area contributed by atoms with E-state index in [1.165, 1.54) is 12.1 Å². The van der Waals surface area contributed by atoms with Crippen molar-refractivity contribution in [3.8, 4) is 11.5 Å². The van der Waals surface area contributed by atoms with Crippen LogP contribution in [0, 0.1) is 0 Å². The Bertz CT molecular complexity index is 969. The van der Waals surface area contributed by atoms with Crippen molar-refractivity contribution in [3.63, 3.8) is 0 Å². The Morgan fingerprint density at radius 1 is 1.61 bits per heavy atom. The zero-order valence-electron chi connectivity index (χ0n) is 19.6. The minimum Gasteiger partial charge on any atom is -0.493 e. The number of carbonyl (C=O) groups excluding carboxylic acids is 1. The molecular weight excluding hydrogens is 294 g/mol. The molecule has 122 valence electrons. The van der Waals surface area contributed by atoms with Crippen molar-refractivity contribution in [2.75, 3.05) is 20.6 Å². The maximum absolute atomic E-state index is 13.0. The molecule has 1 aromatic carbocycles. The summed E-state index contributed by atoms with van der Waals surface area (Å²) in [5.41, 5.74) is -2.52. The van der Waals surface area contributed by atoms with Crippen molar-refractivity contribution in [1.82, 2.24) is 4.90 Å². The Kier molecular flexibility index (Phi) is 1.51. The Hall–Kier alpha value is -1.59. The lowest BCUT2D eigenvalue weighted by Crippen LogP contribution is -2.76. The highest BCUT2D eigenvalue weighted by Crippen LogP contribution is 2.64. The highest BCUT2D eigenvalue weighted by Gasteiger charge is 2.72. The number of ether oxygens (including phenoxy) is 2. The summed E-state index contributed by atoms with van der Waals surface area (Å²) in [5, 5.41) is 5.30. The molecule has 2 aliphatic heterocycles. The van der Waals surface area contributed by atoms with Crippen molar-refractivity contribution in [2.45, 2.75) is 48.8 Å². The predicted molar refractivity (Wildman–Crippen MR) is 83.0 cm³/mol. The van der Waals surface area contributed by atoms with E-state index in [2.05, 4.69) is 0 Å². The molecule has 1 unspecified atom stereocenters. The topological polar surface area (TPSA) is 59.0 Å². The molecule has 0 radical (unpaired) electrons. The lowest BCUT2D eigenvalue weighted by molar-refractivity contribution is -0.185. The van der Waals surface area contributed by atoms with E-state index in [-0.39, 0.29) is 42.2 Å². The van der Waals surface area contributed by atoms with E-state index >= 15 is 0 Å². The highest BCUT2D eigenvalue weighted by atomic mass is 16.5. The summed E-state index contributed by atoms with van der Waals surface area (Å²) in [5.74, 6) is -0.351. The van der Waals surface area contributed by atoms with Crippen molar-refractivity contribution in [1.29, 1.82) is 1.43 Å². The summed E-state index contributed by atoms with van der Waals surface area (Å²) >= 11 is 0. The molecule has 2 heterocycles. The number of methoxy groups -OCH3 is 1. The van der Waals surface area contributed by atoms with Crippen molar-refractivity contribution in [2.24, 2.45) is 0 Å². The van der Waals surface area contributed by atoms with E-state index in [0.29, 0.717) is 12.0 Å². The molecule has 1 aromatic rings. The SMILES string of the molecule is [2H]O[C@@]12CCC(=O)C3Oc4c(OC([2H])([2H])[2H])ccc5c4[C@@]31CCN(C)[C@]2([2H])C5([2H])[2H]. The lowest BCUT2D eigenvalue weighted by atomic mass is 9.49. The van der Waals surface area contributed by atoms with Gasteiger partial charge < -0.3 is 19.5 Å². The van der Waals surface area contributed by atoms with Gasteiger partial charge in [-0.1, -0.05) is 6.07 Å². The van der Waals surface area contributed by atoms with Gasteiger partial charge in [-0.15, -0.1) is 0 Å². The van der Waals surface area contributed by atoms with Crippen LogP contribution in [0.4, 0.5) is 0 Å². The zero-order valence-corrected chi connectivity index (χ0v) is 12.6. The first kappa shape index (κ1) is 8.49. The molecule has 0 amide bonds. The van der Waals surface area contributed by atoms with Crippen LogP contribution in [-0.2, 0) is 16.6 Å². The van der Waals surface area contributed by atoms with Gasteiger partial charge in [-0.3, -0.25) is 4.79 Å². The summed E-state index contributed by atoms with van der Waals surface area (Å²) < 4.78 is 68.8. The number of likely N-dealkylation sites (N-methyl/N-ethyl adjacent to an activating group) is 1. The molecular formula is C18H21NO4. The Morgan fingerprint density at radius 2 is 2.52 bits per heavy atom. The number of benzene rings is 1. The number of piperidine rings is 1. The molecule has 5 nitrogen and oxygen atoms in total. The van der Waals surface area contributed by atoms with Crippen LogP contribution in [0.25, 0.3) is 0 Å². The van der Waals surface area contributed by atoms with E-state index in [4.69, 9.17) is 22.9 Å². The molecule has 1 saturated heterocycles. The monoisotopic (exact) mass is 322 g/mol. The maximum atomic E-state index is 13.0. The summed E-state index contributed by atoms with van der Waals surface area (Å²) in [7, 11) is -1.15. The fourth-order valence-corrected chi connectivity index (χ4v) is 4.94. The van der Waals surface area contributed by atoms with Gasteiger partial charge in [-0.2, -0.15) is 0 Å². The molecule has 4 aliphatic rings. The number of aliphatic hydroxyl groups is 1. The number of carbonyl (C=O) groups is 1. The summed E-state index contributed by atoms with van der Waals surface area (Å²) in [6.45, 7) is 0.282. The molecule has 1 N–H and O–H groups in total. The van der Waals surface area contributed by atoms with Gasteiger partial charge in [0.1, 0.15) is 0 Å². The minimum atomic E-state index is -2.77. The zero-order chi connectivity index (χ0) is 21.9. The minimum absolute atomic E-state index is 0.000720. The largest absolute Gasteiger partial charge is 0.493 e. The number of nitrogens with zero attached hydrogens (tertiary/aromatic N) is 1. The molecule has 23 heavy (non-hydrogen) atoms. The van der Waals surface area contributed by atoms with E-state index in [0.717, 1.165) is 0 Å². The third-order valence-electron chi connectivity index (χ3n) is 5.96. The molecule has 5 heteroatoms. The van der Waals surface area contributed by atoms with Gasteiger partial charge in [-0.25, -0.2) is 0 Å². The first-order chi connectivity index (χ1) is 13.9. The fraction of sp³-hybridized carbons (Fsp3) is 0.611. The van der Waals surface area contributed by atoms with Gasteiger partial charge in [0.2, 0.25) is 1.43 Å². The quantitative estimate of drug-likeness (QED) is 0.882. The Balaban J connectivity index is 1.90. The predicted octanol–water partition coefficient (Wildman–Crippen LogP) is 1.05. The average Bonchev–Trinajstić information content (AvgIpc) is 3.01. The molecule has 1 saturated carbocycles. The smallest absolute Gasteiger partial charge is 0.211 e. The van der Waals surface area contributed by atoms with E-state index in [1.54, 1.807) is 11.9 Å². The van der Waals surface area contributed by atoms with Gasteiger partial charge in [0, 0.05) is 20.7 Å². The standard InChI is InChI=1S/C18H21NO4/c1-19-8-7-17-14-10-3-4-12(22-2)15(14)23-16(17)11(20)5-6-18(17,21)13(19)9-10/h3-4,13,16,21H,5-9H2,1-2H3/t13-,16?,17+,18-/m1/s1/i2D3,9D2,13D,21D. The molecule has 2 fully saturated rings. The molecule has 1 spiro atoms. The normalized spacial score (nSPS) is 50.9. The van der Waals surface area contributed by atoms with E-state index in [1.807, 2.05) is 0 Å². The average molecular weight is 322 g/mol. The fourth-order valence-electron chi connectivity index (χ4n) is 4.94. The Labute approximate surface area is 145 Å². The van der Waals surface area contributed by atoms with Crippen LogP contribution in [0.3, 0.4) is 0 Å². The second-order valence-electron chi connectivity index (χ2n) is 6.83. The van der Waals surface area contributed by atoms with Crippen LogP contribution < -0.4 is 9.47 Å². The number of ketones is 1. The van der Waals surface area contributed by atoms with Crippen molar-refractivity contribution in [3.05, 3.63) is 23.3 Å². The lowest BCUT2D eigenvalue weighted by Gasteiger charge is -2.62. The number of rotatable bonds is 2. The maximum Gasteiger partial charge on any atom is 0.211 e. The number of hydrogen-bond donors (Lipinski definition) is 1. The molecule has 2 bridgehead atoms. The number of hydrogen-bond acceptors (Lipinski definition) is 5. The second-order valence-corrected chi connectivity index (χ2v) is 6.83. The number of Topliss-reactive ketones (excluding diaryl/α,β-unsaturated/α-hetero) is 1. The van der Waals surface area contributed by atoms with Crippen LogP contribution in [0.1, 0.15) is 38.6 Å². The van der Waals surface area contributed by atoms with Gasteiger partial charge in [-0.05, 0) is 44.4 Å². The first-order valence-electron chi connectivity index (χ1n) is 11.2. The summed E-state index contributed by atoms with van der Waals surface area (Å²) in [4.78, 5) is 14.5. The van der Waals surface area contributed by atoms with Gasteiger partial charge >= 0.3 is 0 Å². The summed E-state index contributed by atoms with van der Waals surface area (Å²) in [6.07, 6.45) is -3.14. The second kappa shape index (κ2) is 4.08. The first-order valence-corrected chi connectivity index (χ1v) is 7.79. The van der Waals surface area contributed by atoms with Gasteiger partial charge in [0.25, 0.3) is 0 Å². The molecule has 5 rings (SSSR count). The van der Waals surface area contributed by atoms with Crippen LogP contribution >= 0.6 is 0 Å². The van der Waals surface area contributed by atoms with Crippen molar-refractivity contribution >= 4 is 5.78 Å². The van der Waals surface area contributed by atoms with E-state index < -0.39 is 36.5 Å². The van der Waals surface area contributed by atoms with Gasteiger partial charge in [0.05, 0.1) is 23.5 Å². The number of likely N-dealkylation sites (tertiary alicyclic amines) is 1. The van der Waals surface area contributed by atoms with Crippen LogP contribution in [0.2, 0.25) is 0 Å². The van der Waals surface area contributed by atoms with E-state index in [9.17, 15) is 6.17 Å². The third-order valence-corrected chi connectivity index (χ3v) is 5.96. The van der Waals surface area contributed by atoms with Crippen LogP contribution in [0.5, 0.6) is 11.5 Å².